The van der Waals surface area contributed by atoms with E-state index >= 15 is 0 Å². The minimum atomic E-state index is -0.906. The summed E-state index contributed by atoms with van der Waals surface area (Å²) in [7, 11) is 0. The predicted molar refractivity (Wildman–Crippen MR) is 107 cm³/mol. The van der Waals surface area contributed by atoms with Gasteiger partial charge in [0.2, 0.25) is 11.8 Å². The van der Waals surface area contributed by atoms with Crippen molar-refractivity contribution in [3.63, 3.8) is 0 Å². The summed E-state index contributed by atoms with van der Waals surface area (Å²) in [6.07, 6.45) is 3.90. The van der Waals surface area contributed by atoms with Crippen molar-refractivity contribution in [2.24, 2.45) is 5.92 Å². The molecule has 3 aliphatic rings. The summed E-state index contributed by atoms with van der Waals surface area (Å²) in [5, 5.41) is 3.55. The Balaban J connectivity index is 1.44. The predicted octanol–water partition coefficient (Wildman–Crippen LogP) is 1.72. The fraction of sp³-hybridized carbons (Fsp3) is 0.524. The molecule has 30 heavy (non-hydrogen) atoms. The van der Waals surface area contributed by atoms with Crippen LogP contribution in [0.1, 0.15) is 45.4 Å². The zero-order chi connectivity index (χ0) is 21.3. The molecule has 2 saturated heterocycles. The fourth-order valence-corrected chi connectivity index (χ4v) is 4.49. The highest BCUT2D eigenvalue weighted by atomic mass is 16.5. The molecule has 9 nitrogen and oxygen atoms in total. The highest BCUT2D eigenvalue weighted by Gasteiger charge is 2.52. The highest BCUT2D eigenvalue weighted by molar-refractivity contribution is 6.08. The van der Waals surface area contributed by atoms with Gasteiger partial charge in [-0.2, -0.15) is 5.01 Å². The number of amides is 5. The number of benzene rings is 1. The number of rotatable bonds is 5. The standard InChI is InChI=1S/C21H26N4O5/c1-2-30-16-9-5-4-8-15(16)24-13-14(12-17(24)26)18(27)23-25-19(28)21(22-20(25)29)10-6-3-7-11-21/h4-5,8-9,14H,2-3,6-7,10-13H2,1H3,(H,22,29)(H,23,27). The first kappa shape index (κ1) is 20.2. The van der Waals surface area contributed by atoms with Crippen LogP contribution in [0.3, 0.4) is 0 Å². The Bertz CT molecular complexity index is 880. The molecule has 0 aromatic heterocycles. The first-order chi connectivity index (χ1) is 14.4. The van der Waals surface area contributed by atoms with Crippen molar-refractivity contribution in [1.82, 2.24) is 15.8 Å². The molecule has 160 valence electrons. The monoisotopic (exact) mass is 414 g/mol. The van der Waals surface area contributed by atoms with Gasteiger partial charge in [-0.05, 0) is 31.9 Å². The Morgan fingerprint density at radius 1 is 1.20 bits per heavy atom. The summed E-state index contributed by atoms with van der Waals surface area (Å²) in [6, 6.07) is 6.55. The molecule has 2 aliphatic heterocycles. The van der Waals surface area contributed by atoms with Gasteiger partial charge in [-0.15, -0.1) is 0 Å². The lowest BCUT2D eigenvalue weighted by Crippen LogP contribution is -2.52. The maximum Gasteiger partial charge on any atom is 0.344 e. The molecule has 1 saturated carbocycles. The quantitative estimate of drug-likeness (QED) is 0.714. The summed E-state index contributed by atoms with van der Waals surface area (Å²) in [4.78, 5) is 52.1. The lowest BCUT2D eigenvalue weighted by Gasteiger charge is -2.30. The molecule has 1 aliphatic carbocycles. The van der Waals surface area contributed by atoms with Crippen LogP contribution in [0.4, 0.5) is 10.5 Å². The van der Waals surface area contributed by atoms with Crippen LogP contribution in [0.2, 0.25) is 0 Å². The Kier molecular flexibility index (Phi) is 5.36. The van der Waals surface area contributed by atoms with Gasteiger partial charge in [0, 0.05) is 13.0 Å². The normalized spacial score (nSPS) is 23.1. The van der Waals surface area contributed by atoms with Gasteiger partial charge < -0.3 is 15.0 Å². The van der Waals surface area contributed by atoms with Gasteiger partial charge in [0.05, 0.1) is 18.2 Å². The summed E-state index contributed by atoms with van der Waals surface area (Å²) >= 11 is 0. The molecule has 9 heteroatoms. The number of hydrazine groups is 1. The van der Waals surface area contributed by atoms with Gasteiger partial charge in [0.25, 0.3) is 5.91 Å². The summed E-state index contributed by atoms with van der Waals surface area (Å²) in [6.45, 7) is 2.47. The van der Waals surface area contributed by atoms with Gasteiger partial charge >= 0.3 is 6.03 Å². The number of nitrogens with zero attached hydrogens (tertiary/aromatic N) is 2. The van der Waals surface area contributed by atoms with E-state index < -0.39 is 29.3 Å². The van der Waals surface area contributed by atoms with Crippen molar-refractivity contribution < 1.29 is 23.9 Å². The van der Waals surface area contributed by atoms with Crippen LogP contribution in [-0.4, -0.2) is 47.5 Å². The molecule has 5 amide bonds. The second-order valence-electron chi connectivity index (χ2n) is 8.00. The lowest BCUT2D eigenvalue weighted by molar-refractivity contribution is -0.141. The fourth-order valence-electron chi connectivity index (χ4n) is 4.49. The molecule has 1 unspecified atom stereocenters. The van der Waals surface area contributed by atoms with Crippen molar-refractivity contribution in [2.75, 3.05) is 18.1 Å². The minimum Gasteiger partial charge on any atom is -0.492 e. The number of imide groups is 1. The first-order valence-electron chi connectivity index (χ1n) is 10.4. The molecule has 4 rings (SSSR count). The van der Waals surface area contributed by atoms with Gasteiger partial charge in [-0.3, -0.25) is 19.8 Å². The van der Waals surface area contributed by atoms with Gasteiger partial charge in [0.1, 0.15) is 11.3 Å². The summed E-state index contributed by atoms with van der Waals surface area (Å²) in [5.74, 6) is -1.23. The van der Waals surface area contributed by atoms with Crippen molar-refractivity contribution >= 4 is 29.4 Å². The maximum atomic E-state index is 12.8. The molecule has 3 fully saturated rings. The van der Waals surface area contributed by atoms with Crippen molar-refractivity contribution in [1.29, 1.82) is 0 Å². The smallest absolute Gasteiger partial charge is 0.344 e. The second-order valence-corrected chi connectivity index (χ2v) is 8.00. The Hall–Kier alpha value is -3.10. The molecule has 2 heterocycles. The number of ether oxygens (including phenoxy) is 1. The van der Waals surface area contributed by atoms with E-state index in [1.807, 2.05) is 13.0 Å². The Labute approximate surface area is 174 Å². The number of carbonyl (C=O) groups is 4. The average Bonchev–Trinajstić information content (AvgIpc) is 3.23. The van der Waals surface area contributed by atoms with E-state index in [-0.39, 0.29) is 18.9 Å². The molecule has 1 aromatic carbocycles. The van der Waals surface area contributed by atoms with Crippen molar-refractivity contribution in [3.8, 4) is 5.75 Å². The number of urea groups is 1. The third kappa shape index (κ3) is 3.48. The van der Waals surface area contributed by atoms with E-state index in [2.05, 4.69) is 10.7 Å². The molecule has 1 spiro atoms. The number of nitrogens with one attached hydrogen (secondary N) is 2. The van der Waals surface area contributed by atoms with Crippen LogP contribution in [-0.2, 0) is 14.4 Å². The maximum absolute atomic E-state index is 12.8. The van der Waals surface area contributed by atoms with Gasteiger partial charge in [-0.1, -0.05) is 31.4 Å². The van der Waals surface area contributed by atoms with E-state index in [1.54, 1.807) is 18.2 Å². The largest absolute Gasteiger partial charge is 0.492 e. The number of hydrogen-bond acceptors (Lipinski definition) is 5. The number of para-hydroxylation sites is 2. The van der Waals surface area contributed by atoms with Gasteiger partial charge in [0.15, 0.2) is 0 Å². The van der Waals surface area contributed by atoms with Crippen molar-refractivity contribution in [3.05, 3.63) is 24.3 Å². The lowest BCUT2D eigenvalue weighted by atomic mass is 9.82. The van der Waals surface area contributed by atoms with Crippen LogP contribution < -0.4 is 20.4 Å². The number of anilines is 1. The molecule has 0 bridgehead atoms. The average molecular weight is 414 g/mol. The topological polar surface area (TPSA) is 108 Å². The molecule has 1 atom stereocenters. The molecular weight excluding hydrogens is 388 g/mol. The minimum absolute atomic E-state index is 0.00108. The van der Waals surface area contributed by atoms with Crippen LogP contribution >= 0.6 is 0 Å². The highest BCUT2D eigenvalue weighted by Crippen LogP contribution is 2.35. The second kappa shape index (κ2) is 7.97. The first-order valence-corrected chi connectivity index (χ1v) is 10.4. The van der Waals surface area contributed by atoms with Crippen LogP contribution in [0.5, 0.6) is 5.75 Å². The molecular formula is C21H26N4O5. The Morgan fingerprint density at radius 3 is 2.67 bits per heavy atom. The Morgan fingerprint density at radius 2 is 1.93 bits per heavy atom. The third-order valence-corrected chi connectivity index (χ3v) is 6.04. The zero-order valence-corrected chi connectivity index (χ0v) is 17.0. The van der Waals surface area contributed by atoms with E-state index in [0.717, 1.165) is 24.3 Å². The zero-order valence-electron chi connectivity index (χ0n) is 17.0. The number of carbonyl (C=O) groups excluding carboxylic acids is 4. The number of hydrogen-bond donors (Lipinski definition) is 2. The van der Waals surface area contributed by atoms with E-state index in [1.165, 1.54) is 4.90 Å². The molecule has 1 aromatic rings. The molecule has 2 N–H and O–H groups in total. The summed E-state index contributed by atoms with van der Waals surface area (Å²) < 4.78 is 5.59. The third-order valence-electron chi connectivity index (χ3n) is 6.04. The molecule has 0 radical (unpaired) electrons. The van der Waals surface area contributed by atoms with E-state index in [0.29, 0.717) is 30.9 Å². The van der Waals surface area contributed by atoms with E-state index in [4.69, 9.17) is 4.74 Å². The van der Waals surface area contributed by atoms with Crippen LogP contribution in [0.25, 0.3) is 0 Å². The van der Waals surface area contributed by atoms with Gasteiger partial charge in [-0.25, -0.2) is 4.79 Å². The van der Waals surface area contributed by atoms with E-state index in [9.17, 15) is 19.2 Å². The van der Waals surface area contributed by atoms with Crippen molar-refractivity contribution in [2.45, 2.75) is 51.0 Å². The van der Waals surface area contributed by atoms with Crippen LogP contribution in [0.15, 0.2) is 24.3 Å². The summed E-state index contributed by atoms with van der Waals surface area (Å²) in [5.41, 5.74) is 2.15. The SMILES string of the molecule is CCOc1ccccc1N1CC(C(=O)NN2C(=O)NC3(CCCCC3)C2=O)CC1=O. The van der Waals surface area contributed by atoms with Crippen LogP contribution in [0, 0.1) is 5.92 Å².